The lowest BCUT2D eigenvalue weighted by Gasteiger charge is -2.14. The molecule has 0 bridgehead atoms. The molecule has 1 aliphatic rings. The molecule has 4 nitrogen and oxygen atoms in total. The van der Waals surface area contributed by atoms with E-state index in [9.17, 15) is 9.59 Å². The monoisotopic (exact) mass is 319 g/mol. The van der Waals surface area contributed by atoms with Crippen molar-refractivity contribution in [3.8, 4) is 0 Å². The Labute approximate surface area is 135 Å². The van der Waals surface area contributed by atoms with Gasteiger partial charge in [-0.1, -0.05) is 37.3 Å². The van der Waals surface area contributed by atoms with E-state index in [2.05, 4.69) is 0 Å². The number of carbonyl (C=O) groups is 2. The summed E-state index contributed by atoms with van der Waals surface area (Å²) in [5.41, 5.74) is 1.35. The Bertz CT molecular complexity index is 569. The molecule has 2 amide bonds. The maximum atomic E-state index is 12.7. The fourth-order valence-electron chi connectivity index (χ4n) is 2.36. The smallest absolute Gasteiger partial charge is 0.267 e. The Morgan fingerprint density at radius 3 is 2.45 bits per heavy atom. The molecule has 0 unspecified atom stereocenters. The van der Waals surface area contributed by atoms with Crippen LogP contribution in [0, 0.1) is 0 Å². The lowest BCUT2D eigenvalue weighted by molar-refractivity contribution is -0.136. The first kappa shape index (κ1) is 16.8. The van der Waals surface area contributed by atoms with Crippen molar-refractivity contribution in [2.24, 2.45) is 0 Å². The van der Waals surface area contributed by atoms with Crippen molar-refractivity contribution >= 4 is 29.1 Å². The first-order valence-corrected chi connectivity index (χ1v) is 8.55. The molecule has 1 aliphatic heterocycles. The van der Waals surface area contributed by atoms with Gasteiger partial charge in [0.05, 0.1) is 10.5 Å². The molecule has 5 heteroatoms. The number of imide groups is 1. The molecule has 1 aromatic rings. The summed E-state index contributed by atoms with van der Waals surface area (Å²) in [5.74, 6) is 0.396. The zero-order valence-electron chi connectivity index (χ0n) is 13.0. The van der Waals surface area contributed by atoms with E-state index < -0.39 is 0 Å². The summed E-state index contributed by atoms with van der Waals surface area (Å²) in [7, 11) is 0. The molecule has 118 valence electrons. The topological polar surface area (TPSA) is 46.6 Å². The third kappa shape index (κ3) is 3.59. The van der Waals surface area contributed by atoms with E-state index in [1.807, 2.05) is 44.2 Å². The van der Waals surface area contributed by atoms with Crippen LogP contribution in [0.5, 0.6) is 0 Å². The summed E-state index contributed by atoms with van der Waals surface area (Å²) in [5, 5.41) is 0. The van der Waals surface area contributed by atoms with Gasteiger partial charge in [0.1, 0.15) is 0 Å². The summed E-state index contributed by atoms with van der Waals surface area (Å²) in [6.45, 7) is 5.52. The largest absolute Gasteiger partial charge is 0.382 e. The van der Waals surface area contributed by atoms with Crippen molar-refractivity contribution in [3.05, 3.63) is 40.8 Å². The summed E-state index contributed by atoms with van der Waals surface area (Å²) in [6, 6.07) is 9.41. The van der Waals surface area contributed by atoms with Gasteiger partial charge in [-0.15, -0.1) is 11.8 Å². The zero-order chi connectivity index (χ0) is 15.9. The van der Waals surface area contributed by atoms with E-state index in [1.165, 1.54) is 16.7 Å². The molecule has 1 heterocycles. The highest BCUT2D eigenvalue weighted by molar-refractivity contribution is 8.04. The van der Waals surface area contributed by atoms with Gasteiger partial charge < -0.3 is 4.74 Å². The fourth-order valence-corrected chi connectivity index (χ4v) is 3.24. The molecular weight excluding hydrogens is 298 g/mol. The summed E-state index contributed by atoms with van der Waals surface area (Å²) in [6.07, 6.45) is 0.664. The van der Waals surface area contributed by atoms with E-state index in [4.69, 9.17) is 4.74 Å². The first-order valence-electron chi connectivity index (χ1n) is 7.57. The lowest BCUT2D eigenvalue weighted by atomic mass is 10.1. The Morgan fingerprint density at radius 2 is 1.82 bits per heavy atom. The number of nitrogens with zero attached hydrogens (tertiary/aromatic N) is 1. The summed E-state index contributed by atoms with van der Waals surface area (Å²) >= 11 is 1.44. The molecule has 0 saturated heterocycles. The highest BCUT2D eigenvalue weighted by Crippen LogP contribution is 2.35. The maximum Gasteiger partial charge on any atom is 0.267 e. The van der Waals surface area contributed by atoms with Crippen LogP contribution < -0.4 is 0 Å². The van der Waals surface area contributed by atoms with Gasteiger partial charge >= 0.3 is 0 Å². The zero-order valence-corrected chi connectivity index (χ0v) is 13.8. The molecule has 0 saturated carbocycles. The van der Waals surface area contributed by atoms with Crippen LogP contribution in [-0.2, 0) is 14.3 Å². The van der Waals surface area contributed by atoms with Crippen LogP contribution in [0.15, 0.2) is 35.2 Å². The molecule has 0 aliphatic carbocycles. The fraction of sp³-hybridized carbons (Fsp3) is 0.412. The van der Waals surface area contributed by atoms with E-state index in [-0.39, 0.29) is 11.8 Å². The first-order chi connectivity index (χ1) is 10.7. The van der Waals surface area contributed by atoms with Gasteiger partial charge in [0, 0.05) is 19.8 Å². The van der Waals surface area contributed by atoms with Crippen molar-refractivity contribution in [2.45, 2.75) is 20.3 Å². The van der Waals surface area contributed by atoms with E-state index >= 15 is 0 Å². The molecule has 2 rings (SSSR count). The number of rotatable bonds is 8. The predicted octanol–water partition coefficient (Wildman–Crippen LogP) is 2.95. The third-order valence-electron chi connectivity index (χ3n) is 3.35. The molecule has 0 atom stereocenters. The highest BCUT2D eigenvalue weighted by Gasteiger charge is 2.38. The van der Waals surface area contributed by atoms with E-state index in [0.29, 0.717) is 36.7 Å². The predicted molar refractivity (Wildman–Crippen MR) is 89.3 cm³/mol. The summed E-state index contributed by atoms with van der Waals surface area (Å²) < 4.78 is 5.28. The minimum absolute atomic E-state index is 0.174. The van der Waals surface area contributed by atoms with Crippen molar-refractivity contribution in [1.82, 2.24) is 4.90 Å². The Hall–Kier alpha value is -1.59. The SMILES string of the molecule is CCOCCCN1C(=O)C(SCC)=C(c2ccccc2)C1=O. The Kier molecular flexibility index (Phi) is 6.21. The third-order valence-corrected chi connectivity index (χ3v) is 4.31. The van der Waals surface area contributed by atoms with Gasteiger partial charge in [-0.3, -0.25) is 14.5 Å². The second-order valence-electron chi connectivity index (χ2n) is 4.82. The Morgan fingerprint density at radius 1 is 1.09 bits per heavy atom. The van der Waals surface area contributed by atoms with Gasteiger partial charge in [-0.2, -0.15) is 0 Å². The lowest BCUT2D eigenvalue weighted by Crippen LogP contribution is -2.33. The Balaban J connectivity index is 2.21. The van der Waals surface area contributed by atoms with Gasteiger partial charge in [0.2, 0.25) is 0 Å². The molecule has 0 fully saturated rings. The van der Waals surface area contributed by atoms with E-state index in [0.717, 1.165) is 11.3 Å². The second kappa shape index (κ2) is 8.15. The summed E-state index contributed by atoms with van der Waals surface area (Å²) in [4.78, 5) is 27.1. The number of thioether (sulfide) groups is 1. The molecule has 22 heavy (non-hydrogen) atoms. The van der Waals surface area contributed by atoms with Gasteiger partial charge in [0.15, 0.2) is 0 Å². The van der Waals surface area contributed by atoms with Crippen molar-refractivity contribution < 1.29 is 14.3 Å². The van der Waals surface area contributed by atoms with Crippen molar-refractivity contribution in [3.63, 3.8) is 0 Å². The van der Waals surface area contributed by atoms with Gasteiger partial charge in [-0.05, 0) is 24.7 Å². The van der Waals surface area contributed by atoms with Crippen LogP contribution in [0.3, 0.4) is 0 Å². The standard InChI is InChI=1S/C17H21NO3S/c1-3-21-12-8-11-18-16(19)14(13-9-6-5-7-10-13)15(17(18)20)22-4-2/h5-7,9-10H,3-4,8,11-12H2,1-2H3. The number of amides is 2. The molecular formula is C17H21NO3S. The molecule has 1 aromatic carbocycles. The number of benzene rings is 1. The number of hydrogen-bond donors (Lipinski definition) is 0. The molecule has 0 spiro atoms. The van der Waals surface area contributed by atoms with E-state index in [1.54, 1.807) is 0 Å². The number of hydrogen-bond acceptors (Lipinski definition) is 4. The van der Waals surface area contributed by atoms with Gasteiger partial charge in [0.25, 0.3) is 11.8 Å². The normalized spacial score (nSPS) is 15.1. The van der Waals surface area contributed by atoms with Crippen molar-refractivity contribution in [1.29, 1.82) is 0 Å². The van der Waals surface area contributed by atoms with Crippen LogP contribution in [0.2, 0.25) is 0 Å². The molecule has 0 aromatic heterocycles. The maximum absolute atomic E-state index is 12.7. The number of carbonyl (C=O) groups excluding carboxylic acids is 2. The minimum atomic E-state index is -0.191. The molecule has 0 N–H and O–H groups in total. The van der Waals surface area contributed by atoms with Crippen LogP contribution in [0.4, 0.5) is 0 Å². The average molecular weight is 319 g/mol. The quantitative estimate of drug-likeness (QED) is 0.546. The van der Waals surface area contributed by atoms with Crippen LogP contribution in [0.1, 0.15) is 25.8 Å². The van der Waals surface area contributed by atoms with Crippen LogP contribution >= 0.6 is 11.8 Å². The average Bonchev–Trinajstić information content (AvgIpc) is 2.77. The van der Waals surface area contributed by atoms with Crippen LogP contribution in [0.25, 0.3) is 5.57 Å². The van der Waals surface area contributed by atoms with Gasteiger partial charge in [-0.25, -0.2) is 0 Å². The van der Waals surface area contributed by atoms with Crippen LogP contribution in [-0.4, -0.2) is 42.2 Å². The minimum Gasteiger partial charge on any atom is -0.382 e. The highest BCUT2D eigenvalue weighted by atomic mass is 32.2. The second-order valence-corrected chi connectivity index (χ2v) is 6.09. The van der Waals surface area contributed by atoms with Crippen molar-refractivity contribution in [2.75, 3.05) is 25.5 Å². The molecule has 0 radical (unpaired) electrons. The number of ether oxygens (including phenoxy) is 1.